The minimum atomic E-state index is -0.470. The van der Waals surface area contributed by atoms with Crippen molar-refractivity contribution in [1.29, 1.82) is 0 Å². The van der Waals surface area contributed by atoms with Gasteiger partial charge in [-0.05, 0) is 30.5 Å². The highest BCUT2D eigenvalue weighted by molar-refractivity contribution is 7.08. The number of aryl methyl sites for hydroxylation is 2. The molecular weight excluding hydrogens is 408 g/mol. The molecule has 0 unspecified atom stereocenters. The smallest absolute Gasteiger partial charge is 0.269 e. The zero-order chi connectivity index (χ0) is 21.1. The maximum absolute atomic E-state index is 12.4. The Bertz CT molecular complexity index is 1180. The van der Waals surface area contributed by atoms with E-state index in [1.54, 1.807) is 25.1 Å². The number of aromatic nitrogens is 4. The van der Waals surface area contributed by atoms with Crippen molar-refractivity contribution in [1.82, 2.24) is 20.0 Å². The van der Waals surface area contributed by atoms with Crippen LogP contribution in [0, 0.1) is 17.0 Å². The summed E-state index contributed by atoms with van der Waals surface area (Å²) in [6.45, 7) is 1.79. The lowest BCUT2D eigenvalue weighted by atomic mass is 10.3. The number of anilines is 1. The summed E-state index contributed by atoms with van der Waals surface area (Å²) in [6, 6.07) is 9.53. The van der Waals surface area contributed by atoms with Crippen molar-refractivity contribution in [3.63, 3.8) is 0 Å². The predicted molar refractivity (Wildman–Crippen MR) is 110 cm³/mol. The standard InChI is InChI=1S/C19H16N6O4S/c1-12-10-16(24(23-12)14-2-4-15(5-3-14)25(27)28)20-17(26)6-7-18-21-22-19(29-18)13-8-9-30-11-13/h2-5,8-11H,6-7H2,1H3,(H,20,26). The Morgan fingerprint density at radius 3 is 2.77 bits per heavy atom. The number of hydrogen-bond acceptors (Lipinski definition) is 8. The summed E-state index contributed by atoms with van der Waals surface area (Å²) in [5.74, 6) is 1.04. The van der Waals surface area contributed by atoms with E-state index in [0.29, 0.717) is 35.4 Å². The van der Waals surface area contributed by atoms with Crippen molar-refractivity contribution in [2.45, 2.75) is 19.8 Å². The fourth-order valence-electron chi connectivity index (χ4n) is 2.78. The van der Waals surface area contributed by atoms with Gasteiger partial charge in [-0.15, -0.1) is 10.2 Å². The van der Waals surface area contributed by atoms with E-state index in [-0.39, 0.29) is 18.0 Å². The van der Waals surface area contributed by atoms with E-state index < -0.39 is 4.92 Å². The lowest BCUT2D eigenvalue weighted by molar-refractivity contribution is -0.384. The van der Waals surface area contributed by atoms with Crippen LogP contribution < -0.4 is 5.32 Å². The van der Waals surface area contributed by atoms with Gasteiger partial charge < -0.3 is 9.73 Å². The van der Waals surface area contributed by atoms with Gasteiger partial charge >= 0.3 is 0 Å². The van der Waals surface area contributed by atoms with Crippen LogP contribution in [0.25, 0.3) is 17.1 Å². The molecule has 1 N–H and O–H groups in total. The first-order valence-corrected chi connectivity index (χ1v) is 9.90. The number of carbonyl (C=O) groups excluding carboxylic acids is 1. The van der Waals surface area contributed by atoms with Crippen LogP contribution in [0.3, 0.4) is 0 Å². The fraction of sp³-hybridized carbons (Fsp3) is 0.158. The molecule has 10 nitrogen and oxygen atoms in total. The average molecular weight is 424 g/mol. The Morgan fingerprint density at radius 2 is 2.07 bits per heavy atom. The van der Waals surface area contributed by atoms with Crippen LogP contribution in [0.15, 0.2) is 51.6 Å². The normalized spacial score (nSPS) is 10.8. The predicted octanol–water partition coefficient (Wildman–Crippen LogP) is 3.77. The molecule has 0 atom stereocenters. The molecule has 4 aromatic rings. The number of thiophene rings is 1. The number of nitrogens with one attached hydrogen (secondary N) is 1. The van der Waals surface area contributed by atoms with Gasteiger partial charge in [0.25, 0.3) is 5.69 Å². The minimum absolute atomic E-state index is 0.0189. The number of non-ortho nitro benzene ring substituents is 1. The number of carbonyl (C=O) groups is 1. The zero-order valence-corrected chi connectivity index (χ0v) is 16.6. The third-order valence-electron chi connectivity index (χ3n) is 4.21. The molecule has 0 fully saturated rings. The molecule has 3 heterocycles. The summed E-state index contributed by atoms with van der Waals surface area (Å²) in [4.78, 5) is 22.8. The molecule has 4 rings (SSSR count). The lowest BCUT2D eigenvalue weighted by Crippen LogP contribution is -2.15. The van der Waals surface area contributed by atoms with Gasteiger partial charge in [0.1, 0.15) is 5.82 Å². The van der Waals surface area contributed by atoms with Crippen molar-refractivity contribution in [3.8, 4) is 17.1 Å². The molecule has 0 aliphatic carbocycles. The summed E-state index contributed by atoms with van der Waals surface area (Å²) in [5, 5.41) is 29.8. The van der Waals surface area contributed by atoms with E-state index in [2.05, 4.69) is 20.6 Å². The summed E-state index contributed by atoms with van der Waals surface area (Å²) >= 11 is 1.53. The third kappa shape index (κ3) is 4.25. The van der Waals surface area contributed by atoms with Crippen LogP contribution in [0.4, 0.5) is 11.5 Å². The van der Waals surface area contributed by atoms with Gasteiger partial charge in [-0.2, -0.15) is 16.4 Å². The highest BCUT2D eigenvalue weighted by atomic mass is 32.1. The van der Waals surface area contributed by atoms with Crippen LogP contribution in [0.1, 0.15) is 18.0 Å². The van der Waals surface area contributed by atoms with E-state index in [9.17, 15) is 14.9 Å². The molecule has 1 amide bonds. The van der Waals surface area contributed by atoms with Crippen molar-refractivity contribution in [2.24, 2.45) is 0 Å². The van der Waals surface area contributed by atoms with E-state index in [1.807, 2.05) is 16.8 Å². The molecule has 0 saturated heterocycles. The molecule has 0 aliphatic heterocycles. The topological polar surface area (TPSA) is 129 Å². The van der Waals surface area contributed by atoms with Gasteiger partial charge in [0.15, 0.2) is 0 Å². The number of benzene rings is 1. The van der Waals surface area contributed by atoms with Crippen molar-refractivity contribution < 1.29 is 14.1 Å². The molecule has 11 heteroatoms. The number of hydrogen-bond donors (Lipinski definition) is 1. The number of rotatable bonds is 7. The molecule has 1 aromatic carbocycles. The minimum Gasteiger partial charge on any atom is -0.421 e. The Balaban J connectivity index is 1.42. The monoisotopic (exact) mass is 424 g/mol. The molecule has 0 spiro atoms. The zero-order valence-electron chi connectivity index (χ0n) is 15.8. The fourth-order valence-corrected chi connectivity index (χ4v) is 3.41. The Labute approximate surface area is 174 Å². The summed E-state index contributed by atoms with van der Waals surface area (Å²) in [5.41, 5.74) is 2.13. The summed E-state index contributed by atoms with van der Waals surface area (Å²) < 4.78 is 7.11. The number of amides is 1. The van der Waals surface area contributed by atoms with Crippen molar-refractivity contribution >= 4 is 28.7 Å². The van der Waals surface area contributed by atoms with Crippen molar-refractivity contribution in [2.75, 3.05) is 5.32 Å². The van der Waals surface area contributed by atoms with Gasteiger partial charge in [-0.3, -0.25) is 14.9 Å². The van der Waals surface area contributed by atoms with Gasteiger partial charge in [-0.25, -0.2) is 4.68 Å². The van der Waals surface area contributed by atoms with Gasteiger partial charge in [-0.1, -0.05) is 0 Å². The average Bonchev–Trinajstić information content (AvgIpc) is 3.47. The van der Waals surface area contributed by atoms with E-state index in [0.717, 1.165) is 5.56 Å². The number of nitro benzene ring substituents is 1. The second-order valence-corrected chi connectivity index (χ2v) is 7.20. The SMILES string of the molecule is Cc1cc(NC(=O)CCc2nnc(-c3ccsc3)o2)n(-c2ccc([N+](=O)[O-])cc2)n1. The largest absolute Gasteiger partial charge is 0.421 e. The first-order chi connectivity index (χ1) is 14.5. The number of nitrogens with zero attached hydrogens (tertiary/aromatic N) is 5. The molecule has 0 aliphatic rings. The molecule has 152 valence electrons. The first kappa shape index (κ1) is 19.5. The molecule has 0 bridgehead atoms. The van der Waals surface area contributed by atoms with E-state index in [1.165, 1.54) is 28.2 Å². The Morgan fingerprint density at radius 1 is 1.27 bits per heavy atom. The Hall–Kier alpha value is -3.86. The maximum Gasteiger partial charge on any atom is 0.269 e. The number of nitro groups is 1. The second-order valence-electron chi connectivity index (χ2n) is 6.42. The quantitative estimate of drug-likeness (QED) is 0.353. The molecule has 0 radical (unpaired) electrons. The third-order valence-corrected chi connectivity index (χ3v) is 4.89. The van der Waals surface area contributed by atoms with Crippen LogP contribution in [0.5, 0.6) is 0 Å². The highest BCUT2D eigenvalue weighted by Gasteiger charge is 2.14. The molecule has 30 heavy (non-hydrogen) atoms. The van der Waals surface area contributed by atoms with Crippen molar-refractivity contribution in [3.05, 3.63) is 68.9 Å². The van der Waals surface area contributed by atoms with Crippen LogP contribution in [0.2, 0.25) is 0 Å². The van der Waals surface area contributed by atoms with Gasteiger partial charge in [0.2, 0.25) is 17.7 Å². The van der Waals surface area contributed by atoms with E-state index in [4.69, 9.17) is 4.42 Å². The van der Waals surface area contributed by atoms with Crippen LogP contribution in [-0.2, 0) is 11.2 Å². The maximum atomic E-state index is 12.4. The first-order valence-electron chi connectivity index (χ1n) is 8.96. The van der Waals surface area contributed by atoms with E-state index >= 15 is 0 Å². The van der Waals surface area contributed by atoms with Gasteiger partial charge in [0.05, 0.1) is 16.3 Å². The van der Waals surface area contributed by atoms with Gasteiger partial charge in [0, 0.05) is 42.0 Å². The van der Waals surface area contributed by atoms with Crippen LogP contribution in [-0.4, -0.2) is 30.8 Å². The Kier molecular flexibility index (Phi) is 5.35. The summed E-state index contributed by atoms with van der Waals surface area (Å²) in [7, 11) is 0. The van der Waals surface area contributed by atoms with Crippen LogP contribution >= 0.6 is 11.3 Å². The summed E-state index contributed by atoms with van der Waals surface area (Å²) in [6.07, 6.45) is 0.448. The second kappa shape index (κ2) is 8.25. The molecular formula is C19H16N6O4S. The molecule has 0 saturated carbocycles. The molecule has 3 aromatic heterocycles. The highest BCUT2D eigenvalue weighted by Crippen LogP contribution is 2.22. The lowest BCUT2D eigenvalue weighted by Gasteiger charge is -2.08.